The summed E-state index contributed by atoms with van der Waals surface area (Å²) in [5.74, 6) is 1.38. The number of hydrogen-bond donors (Lipinski definition) is 1. The molecule has 2 aliphatic heterocycles. The number of rotatable bonds is 3. The van der Waals surface area contributed by atoms with E-state index in [-0.39, 0.29) is 30.3 Å². The van der Waals surface area contributed by atoms with Crippen molar-refractivity contribution in [3.05, 3.63) is 0 Å². The van der Waals surface area contributed by atoms with Crippen molar-refractivity contribution in [3.8, 4) is 6.07 Å². The third-order valence-electron chi connectivity index (χ3n) is 5.46. The van der Waals surface area contributed by atoms with Crippen molar-refractivity contribution < 1.29 is 9.59 Å². The van der Waals surface area contributed by atoms with Crippen molar-refractivity contribution in [1.82, 2.24) is 15.1 Å². The molecule has 3 fully saturated rings. The first-order valence-corrected chi connectivity index (χ1v) is 8.26. The number of nitrogens with zero attached hydrogens (tertiary/aromatic N) is 3. The van der Waals surface area contributed by atoms with Gasteiger partial charge in [0.1, 0.15) is 6.04 Å². The number of fused-ring (bicyclic) bond motifs is 1. The molecule has 0 spiro atoms. The van der Waals surface area contributed by atoms with Crippen molar-refractivity contribution >= 4 is 24.2 Å². The first-order chi connectivity index (χ1) is 10.6. The molecular weight excluding hydrogens is 316 g/mol. The summed E-state index contributed by atoms with van der Waals surface area (Å²) in [5.41, 5.74) is 0. The lowest BCUT2D eigenvalue weighted by molar-refractivity contribution is -0.130. The van der Waals surface area contributed by atoms with Crippen LogP contribution in [0.15, 0.2) is 0 Å². The van der Waals surface area contributed by atoms with Crippen LogP contribution in [-0.4, -0.2) is 59.9 Å². The summed E-state index contributed by atoms with van der Waals surface area (Å²) in [6.07, 6.45) is 3.82. The average Bonchev–Trinajstić information content (AvgIpc) is 3.17. The Hall–Kier alpha value is -1.32. The molecule has 1 saturated carbocycles. The number of nitriles is 1. The summed E-state index contributed by atoms with van der Waals surface area (Å²) in [5, 5.41) is 12.4. The predicted octanol–water partition coefficient (Wildman–Crippen LogP) is 0.769. The second-order valence-corrected chi connectivity index (χ2v) is 6.87. The van der Waals surface area contributed by atoms with Crippen LogP contribution < -0.4 is 5.32 Å². The molecule has 2 saturated heterocycles. The van der Waals surface area contributed by atoms with Gasteiger partial charge in [-0.15, -0.1) is 12.4 Å². The fraction of sp³-hybridized carbons (Fsp3) is 0.812. The van der Waals surface area contributed by atoms with E-state index in [4.69, 9.17) is 5.26 Å². The maximum absolute atomic E-state index is 12.2. The molecule has 0 radical (unpaired) electrons. The van der Waals surface area contributed by atoms with Crippen LogP contribution >= 0.6 is 12.4 Å². The highest BCUT2D eigenvalue weighted by Gasteiger charge is 2.41. The first kappa shape index (κ1) is 18.0. The minimum Gasteiger partial charge on any atom is -0.342 e. The molecule has 128 valence electrons. The van der Waals surface area contributed by atoms with Crippen LogP contribution in [-0.2, 0) is 9.59 Å². The molecule has 2 amide bonds. The molecule has 1 aliphatic carbocycles. The van der Waals surface area contributed by atoms with Gasteiger partial charge in [0.05, 0.1) is 12.6 Å². The zero-order chi connectivity index (χ0) is 15.7. The number of amides is 2. The van der Waals surface area contributed by atoms with Gasteiger partial charge < -0.3 is 15.1 Å². The number of carbonyl (C=O) groups excluding carboxylic acids is 2. The van der Waals surface area contributed by atoms with Gasteiger partial charge in [-0.25, -0.2) is 0 Å². The second-order valence-electron chi connectivity index (χ2n) is 6.87. The number of carbonyl (C=O) groups is 2. The van der Waals surface area contributed by atoms with Crippen LogP contribution in [0.5, 0.6) is 0 Å². The Kier molecular flexibility index (Phi) is 5.88. The number of halogens is 1. The van der Waals surface area contributed by atoms with Crippen LogP contribution in [0.3, 0.4) is 0 Å². The minimum absolute atomic E-state index is 0. The zero-order valence-corrected chi connectivity index (χ0v) is 14.3. The van der Waals surface area contributed by atoms with Crippen molar-refractivity contribution in [2.24, 2.45) is 11.8 Å². The van der Waals surface area contributed by atoms with E-state index in [0.717, 1.165) is 38.8 Å². The van der Waals surface area contributed by atoms with Crippen LogP contribution in [0.2, 0.25) is 0 Å². The van der Waals surface area contributed by atoms with E-state index in [1.54, 1.807) is 11.8 Å². The summed E-state index contributed by atoms with van der Waals surface area (Å²) in [6.45, 7) is 4.42. The van der Waals surface area contributed by atoms with Crippen LogP contribution in [0.25, 0.3) is 0 Å². The number of hydrogen-bond acceptors (Lipinski definition) is 4. The molecule has 7 heteroatoms. The minimum atomic E-state index is -0.235. The average molecular weight is 341 g/mol. The highest BCUT2D eigenvalue weighted by Crippen LogP contribution is 2.38. The molecule has 3 aliphatic rings. The Balaban J connectivity index is 0.00000192. The van der Waals surface area contributed by atoms with E-state index < -0.39 is 0 Å². The topological polar surface area (TPSA) is 76.4 Å². The lowest BCUT2D eigenvalue weighted by Crippen LogP contribution is -2.43. The summed E-state index contributed by atoms with van der Waals surface area (Å²) in [4.78, 5) is 27.3. The Bertz CT molecular complexity index is 493. The van der Waals surface area contributed by atoms with Gasteiger partial charge in [-0.1, -0.05) is 0 Å². The van der Waals surface area contributed by atoms with E-state index in [1.165, 1.54) is 0 Å². The standard InChI is InChI=1S/C16H24N4O2.ClH/c1-11(21)19-9-12-5-14(6-13(12)10-19)18-8-16(22)20-4-2-3-15(20)7-17;/h12-15,18H,2-6,8-10H2,1H3;1H/t12-,13+,14?,15?;. The summed E-state index contributed by atoms with van der Waals surface area (Å²) >= 11 is 0. The van der Waals surface area contributed by atoms with Crippen molar-refractivity contribution in [2.45, 2.75) is 44.7 Å². The molecular formula is C16H25ClN4O2. The predicted molar refractivity (Wildman–Crippen MR) is 87.9 cm³/mol. The molecule has 1 N–H and O–H groups in total. The van der Waals surface area contributed by atoms with Crippen LogP contribution in [0.4, 0.5) is 0 Å². The summed E-state index contributed by atoms with van der Waals surface area (Å²) in [6, 6.07) is 2.35. The molecule has 2 unspecified atom stereocenters. The van der Waals surface area contributed by atoms with Gasteiger partial charge in [0, 0.05) is 32.6 Å². The number of nitrogens with one attached hydrogen (secondary N) is 1. The maximum atomic E-state index is 12.2. The molecule has 0 aromatic carbocycles. The van der Waals surface area contributed by atoms with Crippen molar-refractivity contribution in [3.63, 3.8) is 0 Å². The van der Waals surface area contributed by atoms with Gasteiger partial charge in [-0.05, 0) is 37.5 Å². The molecule has 0 bridgehead atoms. The van der Waals surface area contributed by atoms with Crippen molar-refractivity contribution in [2.75, 3.05) is 26.2 Å². The largest absolute Gasteiger partial charge is 0.342 e. The van der Waals surface area contributed by atoms with Gasteiger partial charge in [0.2, 0.25) is 11.8 Å². The fourth-order valence-electron chi connectivity index (χ4n) is 4.26. The number of likely N-dealkylation sites (tertiary alicyclic amines) is 2. The first-order valence-electron chi connectivity index (χ1n) is 8.26. The fourth-order valence-corrected chi connectivity index (χ4v) is 4.26. The van der Waals surface area contributed by atoms with Gasteiger partial charge in [-0.2, -0.15) is 5.26 Å². The Labute approximate surface area is 143 Å². The van der Waals surface area contributed by atoms with Crippen molar-refractivity contribution in [1.29, 1.82) is 5.26 Å². The third kappa shape index (κ3) is 3.78. The highest BCUT2D eigenvalue weighted by molar-refractivity contribution is 5.85. The molecule has 2 heterocycles. The molecule has 0 aromatic rings. The quantitative estimate of drug-likeness (QED) is 0.823. The van der Waals surface area contributed by atoms with E-state index in [1.807, 2.05) is 4.90 Å². The zero-order valence-electron chi connectivity index (χ0n) is 13.5. The van der Waals surface area contributed by atoms with E-state index in [0.29, 0.717) is 31.0 Å². The maximum Gasteiger partial charge on any atom is 0.237 e. The lowest BCUT2D eigenvalue weighted by Gasteiger charge is -2.22. The normalized spacial score (nSPS) is 32.3. The Morgan fingerprint density at radius 2 is 1.91 bits per heavy atom. The van der Waals surface area contributed by atoms with Crippen LogP contribution in [0.1, 0.15) is 32.6 Å². The van der Waals surface area contributed by atoms with Gasteiger partial charge in [0.15, 0.2) is 0 Å². The molecule has 4 atom stereocenters. The van der Waals surface area contributed by atoms with E-state index in [2.05, 4.69) is 11.4 Å². The summed E-state index contributed by atoms with van der Waals surface area (Å²) in [7, 11) is 0. The van der Waals surface area contributed by atoms with Gasteiger partial charge in [-0.3, -0.25) is 9.59 Å². The molecule has 0 aromatic heterocycles. The van der Waals surface area contributed by atoms with Crippen LogP contribution in [0, 0.1) is 23.2 Å². The SMILES string of the molecule is CC(=O)N1C[C@H]2CC(NCC(=O)N3CCCC3C#N)C[C@H]2C1.Cl. The molecule has 3 rings (SSSR count). The molecule has 23 heavy (non-hydrogen) atoms. The van der Waals surface area contributed by atoms with Gasteiger partial charge >= 0.3 is 0 Å². The Morgan fingerprint density at radius 3 is 2.48 bits per heavy atom. The third-order valence-corrected chi connectivity index (χ3v) is 5.46. The summed E-state index contributed by atoms with van der Waals surface area (Å²) < 4.78 is 0. The molecule has 6 nitrogen and oxygen atoms in total. The smallest absolute Gasteiger partial charge is 0.237 e. The second kappa shape index (κ2) is 7.50. The van der Waals surface area contributed by atoms with E-state index in [9.17, 15) is 9.59 Å². The highest BCUT2D eigenvalue weighted by atomic mass is 35.5. The van der Waals surface area contributed by atoms with E-state index >= 15 is 0 Å². The lowest BCUT2D eigenvalue weighted by atomic mass is 10.0. The van der Waals surface area contributed by atoms with Gasteiger partial charge in [0.25, 0.3) is 0 Å². The monoisotopic (exact) mass is 340 g/mol. The Morgan fingerprint density at radius 1 is 1.26 bits per heavy atom.